The van der Waals surface area contributed by atoms with Gasteiger partial charge >= 0.3 is 0 Å². The zero-order chi connectivity index (χ0) is 11.3. The van der Waals surface area contributed by atoms with Crippen LogP contribution in [-0.4, -0.2) is 34.2 Å². The molecule has 15 heavy (non-hydrogen) atoms. The Kier molecular flexibility index (Phi) is 5.25. The van der Waals surface area contributed by atoms with Gasteiger partial charge in [-0.15, -0.1) is 0 Å². The Morgan fingerprint density at radius 2 is 2.27 bits per heavy atom. The third-order valence-electron chi connectivity index (χ3n) is 2.62. The van der Waals surface area contributed by atoms with E-state index < -0.39 is 10.8 Å². The summed E-state index contributed by atoms with van der Waals surface area (Å²) in [6.07, 6.45) is 2.73. The molecule has 0 aromatic carbocycles. The molecule has 1 aliphatic rings. The lowest BCUT2D eigenvalue weighted by Crippen LogP contribution is -2.34. The lowest BCUT2D eigenvalue weighted by Gasteiger charge is -2.10. The second-order valence-electron chi connectivity index (χ2n) is 3.99. The molecule has 0 spiro atoms. The van der Waals surface area contributed by atoms with E-state index in [1.54, 1.807) is 0 Å². The van der Waals surface area contributed by atoms with E-state index in [0.29, 0.717) is 30.4 Å². The summed E-state index contributed by atoms with van der Waals surface area (Å²) in [5.41, 5.74) is 5.82. The zero-order valence-electron chi connectivity index (χ0n) is 9.20. The highest BCUT2D eigenvalue weighted by molar-refractivity contribution is 7.84. The lowest BCUT2D eigenvalue weighted by molar-refractivity contribution is -0.121. The van der Waals surface area contributed by atoms with Crippen LogP contribution in [0.1, 0.15) is 26.2 Å². The SMILES string of the molecule is CCS(=O)CCNC(=O)CC(N)C1CC1. The highest BCUT2D eigenvalue weighted by Gasteiger charge is 2.29. The maximum Gasteiger partial charge on any atom is 0.221 e. The largest absolute Gasteiger partial charge is 0.355 e. The summed E-state index contributed by atoms with van der Waals surface area (Å²) in [5, 5.41) is 2.75. The summed E-state index contributed by atoms with van der Waals surface area (Å²) in [5.74, 6) is 1.74. The molecule has 88 valence electrons. The molecule has 0 aromatic heterocycles. The fourth-order valence-corrected chi connectivity index (χ4v) is 2.04. The van der Waals surface area contributed by atoms with Crippen LogP contribution in [0, 0.1) is 5.92 Å². The Bertz CT molecular complexity index is 242. The first-order valence-electron chi connectivity index (χ1n) is 5.50. The predicted molar refractivity (Wildman–Crippen MR) is 61.9 cm³/mol. The normalized spacial score (nSPS) is 19.6. The Morgan fingerprint density at radius 3 is 2.80 bits per heavy atom. The van der Waals surface area contributed by atoms with Crippen LogP contribution in [0.25, 0.3) is 0 Å². The predicted octanol–water partition coefficient (Wildman–Crippen LogP) is -0.00140. The van der Waals surface area contributed by atoms with Crippen LogP contribution in [0.5, 0.6) is 0 Å². The van der Waals surface area contributed by atoms with Gasteiger partial charge in [-0.25, -0.2) is 0 Å². The van der Waals surface area contributed by atoms with Crippen molar-refractivity contribution in [1.82, 2.24) is 5.32 Å². The van der Waals surface area contributed by atoms with Crippen molar-refractivity contribution in [2.45, 2.75) is 32.2 Å². The molecule has 3 N–H and O–H groups in total. The number of carbonyl (C=O) groups is 1. The summed E-state index contributed by atoms with van der Waals surface area (Å²) in [4.78, 5) is 11.4. The first kappa shape index (κ1) is 12.6. The van der Waals surface area contributed by atoms with E-state index in [0.717, 1.165) is 12.8 Å². The molecule has 0 aliphatic heterocycles. The maximum absolute atomic E-state index is 11.4. The molecule has 1 fully saturated rings. The number of carbonyl (C=O) groups excluding carboxylic acids is 1. The van der Waals surface area contributed by atoms with E-state index in [2.05, 4.69) is 5.32 Å². The summed E-state index contributed by atoms with van der Waals surface area (Å²) < 4.78 is 11.1. The quantitative estimate of drug-likeness (QED) is 0.649. The number of hydrogen-bond donors (Lipinski definition) is 2. The molecule has 0 radical (unpaired) electrons. The van der Waals surface area contributed by atoms with Crippen LogP contribution < -0.4 is 11.1 Å². The average Bonchev–Trinajstić information content (AvgIpc) is 3.00. The number of amides is 1. The third-order valence-corrected chi connectivity index (χ3v) is 3.93. The smallest absolute Gasteiger partial charge is 0.221 e. The van der Waals surface area contributed by atoms with E-state index >= 15 is 0 Å². The summed E-state index contributed by atoms with van der Waals surface area (Å²) in [7, 11) is -0.799. The van der Waals surface area contributed by atoms with Gasteiger partial charge in [-0.1, -0.05) is 6.92 Å². The molecule has 0 bridgehead atoms. The molecule has 1 saturated carbocycles. The number of nitrogens with one attached hydrogen (secondary N) is 1. The van der Waals surface area contributed by atoms with Crippen molar-refractivity contribution in [3.63, 3.8) is 0 Å². The van der Waals surface area contributed by atoms with Gasteiger partial charge in [0.05, 0.1) is 0 Å². The van der Waals surface area contributed by atoms with Crippen LogP contribution in [0.4, 0.5) is 0 Å². The Hall–Kier alpha value is -0.420. The van der Waals surface area contributed by atoms with Crippen molar-refractivity contribution in [3.05, 3.63) is 0 Å². The second-order valence-corrected chi connectivity index (χ2v) is 5.85. The van der Waals surface area contributed by atoms with Crippen LogP contribution in [-0.2, 0) is 15.6 Å². The van der Waals surface area contributed by atoms with E-state index in [-0.39, 0.29) is 11.9 Å². The van der Waals surface area contributed by atoms with Crippen molar-refractivity contribution in [3.8, 4) is 0 Å². The minimum atomic E-state index is -0.799. The molecule has 2 unspecified atom stereocenters. The molecule has 1 rings (SSSR count). The third kappa shape index (κ3) is 5.28. The molecule has 5 heteroatoms. The molecular formula is C10H20N2O2S. The van der Waals surface area contributed by atoms with Gasteiger partial charge in [0.15, 0.2) is 0 Å². The molecule has 2 atom stereocenters. The Balaban J connectivity index is 2.05. The maximum atomic E-state index is 11.4. The van der Waals surface area contributed by atoms with Crippen molar-refractivity contribution < 1.29 is 9.00 Å². The fourth-order valence-electron chi connectivity index (χ4n) is 1.43. The Labute approximate surface area is 93.4 Å². The highest BCUT2D eigenvalue weighted by atomic mass is 32.2. The topological polar surface area (TPSA) is 72.2 Å². The fraction of sp³-hybridized carbons (Fsp3) is 0.900. The molecular weight excluding hydrogens is 212 g/mol. The molecule has 0 aromatic rings. The van der Waals surface area contributed by atoms with Crippen molar-refractivity contribution in [2.75, 3.05) is 18.1 Å². The van der Waals surface area contributed by atoms with Gasteiger partial charge in [0.1, 0.15) is 0 Å². The number of hydrogen-bond acceptors (Lipinski definition) is 3. The molecule has 1 amide bonds. The number of nitrogens with two attached hydrogens (primary N) is 1. The summed E-state index contributed by atoms with van der Waals surface area (Å²) in [6.45, 7) is 2.37. The van der Waals surface area contributed by atoms with Crippen LogP contribution >= 0.6 is 0 Å². The van der Waals surface area contributed by atoms with Gasteiger partial charge in [0, 0.05) is 41.3 Å². The molecule has 0 saturated heterocycles. The minimum Gasteiger partial charge on any atom is -0.355 e. The average molecular weight is 232 g/mol. The van der Waals surface area contributed by atoms with Crippen LogP contribution in [0.2, 0.25) is 0 Å². The molecule has 1 aliphatic carbocycles. The van der Waals surface area contributed by atoms with E-state index in [9.17, 15) is 9.00 Å². The molecule has 4 nitrogen and oxygen atoms in total. The van der Waals surface area contributed by atoms with Gasteiger partial charge in [0.2, 0.25) is 5.91 Å². The minimum absolute atomic E-state index is 0.0116. The van der Waals surface area contributed by atoms with Crippen LogP contribution in [0.3, 0.4) is 0 Å². The lowest BCUT2D eigenvalue weighted by atomic mass is 10.1. The standard InChI is InChI=1S/C10H20N2O2S/c1-2-15(14)6-5-12-10(13)7-9(11)8-3-4-8/h8-9H,2-7,11H2,1H3,(H,12,13). The van der Waals surface area contributed by atoms with E-state index in [1.165, 1.54) is 0 Å². The zero-order valence-corrected chi connectivity index (χ0v) is 10.0. The van der Waals surface area contributed by atoms with Gasteiger partial charge in [-0.05, 0) is 18.8 Å². The van der Waals surface area contributed by atoms with Crippen molar-refractivity contribution in [2.24, 2.45) is 11.7 Å². The van der Waals surface area contributed by atoms with Gasteiger partial charge in [-0.2, -0.15) is 0 Å². The van der Waals surface area contributed by atoms with Crippen LogP contribution in [0.15, 0.2) is 0 Å². The van der Waals surface area contributed by atoms with E-state index in [4.69, 9.17) is 5.73 Å². The van der Waals surface area contributed by atoms with Gasteiger partial charge in [-0.3, -0.25) is 9.00 Å². The van der Waals surface area contributed by atoms with Crippen molar-refractivity contribution in [1.29, 1.82) is 0 Å². The highest BCUT2D eigenvalue weighted by Crippen LogP contribution is 2.32. The van der Waals surface area contributed by atoms with E-state index in [1.807, 2.05) is 6.92 Å². The summed E-state index contributed by atoms with van der Waals surface area (Å²) >= 11 is 0. The van der Waals surface area contributed by atoms with Gasteiger partial charge < -0.3 is 11.1 Å². The monoisotopic (exact) mass is 232 g/mol. The Morgan fingerprint density at radius 1 is 1.60 bits per heavy atom. The summed E-state index contributed by atoms with van der Waals surface area (Å²) in [6, 6.07) is 0.0154. The first-order valence-corrected chi connectivity index (χ1v) is 6.99. The second kappa shape index (κ2) is 6.23. The van der Waals surface area contributed by atoms with Gasteiger partial charge in [0.25, 0.3) is 0 Å². The number of rotatable bonds is 7. The molecule has 0 heterocycles. The first-order chi connectivity index (χ1) is 7.13. The van der Waals surface area contributed by atoms with Crippen molar-refractivity contribution >= 4 is 16.7 Å².